The van der Waals surface area contributed by atoms with Gasteiger partial charge in [0.2, 0.25) is 5.91 Å². The van der Waals surface area contributed by atoms with Crippen molar-refractivity contribution < 1.29 is 20.1 Å². The molecule has 0 aliphatic rings. The lowest BCUT2D eigenvalue weighted by Crippen LogP contribution is -2.50. The van der Waals surface area contributed by atoms with Crippen molar-refractivity contribution in [2.24, 2.45) is 0 Å². The number of rotatable bonds is 45. The molecule has 0 aromatic heterocycles. The molecule has 0 aromatic carbocycles. The summed E-state index contributed by atoms with van der Waals surface area (Å²) >= 11 is 0. The predicted molar refractivity (Wildman–Crippen MR) is 241 cm³/mol. The maximum absolute atomic E-state index is 12.5. The van der Waals surface area contributed by atoms with Gasteiger partial charge < -0.3 is 20.6 Å². The van der Waals surface area contributed by atoms with Gasteiger partial charge in [-0.3, -0.25) is 4.79 Å². The predicted octanol–water partition coefficient (Wildman–Crippen LogP) is 14.6. The van der Waals surface area contributed by atoms with Gasteiger partial charge in [0, 0.05) is 6.42 Å². The summed E-state index contributed by atoms with van der Waals surface area (Å²) in [4.78, 5) is 12.5. The molecule has 3 unspecified atom stereocenters. The zero-order valence-corrected chi connectivity index (χ0v) is 37.1. The molecule has 5 nitrogen and oxygen atoms in total. The highest BCUT2D eigenvalue weighted by Crippen LogP contribution is 2.17. The monoisotopic (exact) mass is 776 g/mol. The summed E-state index contributed by atoms with van der Waals surface area (Å²) in [5, 5.41) is 33.6. The number of carbonyl (C=O) groups is 1. The Balaban J connectivity index is 3.61. The first kappa shape index (κ1) is 53.8. The molecule has 0 radical (unpaired) electrons. The van der Waals surface area contributed by atoms with Crippen LogP contribution in [-0.4, -0.2) is 46.1 Å². The Morgan fingerprint density at radius 1 is 0.436 bits per heavy atom. The third-order valence-electron chi connectivity index (χ3n) is 11.5. The Hall–Kier alpha value is -1.17. The summed E-state index contributed by atoms with van der Waals surface area (Å²) in [6.45, 7) is 4.18. The molecule has 5 heteroatoms. The number of allylic oxidation sites excluding steroid dienone is 4. The van der Waals surface area contributed by atoms with Crippen molar-refractivity contribution in [1.82, 2.24) is 5.32 Å². The van der Waals surface area contributed by atoms with E-state index in [0.717, 1.165) is 44.9 Å². The Kier molecular flexibility index (Phi) is 44.6. The molecule has 55 heavy (non-hydrogen) atoms. The van der Waals surface area contributed by atoms with Crippen molar-refractivity contribution in [3.05, 3.63) is 24.3 Å². The first-order valence-corrected chi connectivity index (χ1v) is 24.6. The number of carbonyl (C=O) groups excluding carboxylic acids is 1. The van der Waals surface area contributed by atoms with Crippen LogP contribution in [-0.2, 0) is 4.79 Å². The highest BCUT2D eigenvalue weighted by Gasteiger charge is 2.26. The molecule has 0 spiro atoms. The zero-order chi connectivity index (χ0) is 40.1. The van der Waals surface area contributed by atoms with Crippen LogP contribution in [0.1, 0.15) is 264 Å². The quantitative estimate of drug-likeness (QED) is 0.0366. The minimum Gasteiger partial charge on any atom is -0.394 e. The fourth-order valence-corrected chi connectivity index (χ4v) is 7.71. The minimum atomic E-state index is -1.16. The second kappa shape index (κ2) is 45.5. The smallest absolute Gasteiger partial charge is 0.220 e. The van der Waals surface area contributed by atoms with E-state index < -0.39 is 18.2 Å². The van der Waals surface area contributed by atoms with Gasteiger partial charge in [-0.05, 0) is 51.4 Å². The highest BCUT2D eigenvalue weighted by atomic mass is 16.3. The zero-order valence-electron chi connectivity index (χ0n) is 37.1. The summed E-state index contributed by atoms with van der Waals surface area (Å²) in [5.74, 6) is -0.154. The van der Waals surface area contributed by atoms with E-state index in [1.54, 1.807) is 0 Å². The van der Waals surface area contributed by atoms with Crippen molar-refractivity contribution in [2.75, 3.05) is 6.61 Å². The Morgan fingerprint density at radius 3 is 1.11 bits per heavy atom. The second-order valence-corrected chi connectivity index (χ2v) is 17.0. The van der Waals surface area contributed by atoms with Gasteiger partial charge in [0.05, 0.1) is 18.8 Å². The highest BCUT2D eigenvalue weighted by molar-refractivity contribution is 5.76. The molecule has 0 saturated heterocycles. The molecule has 0 aliphatic heterocycles. The molecule has 0 fully saturated rings. The number of amides is 1. The molecule has 0 aliphatic carbocycles. The van der Waals surface area contributed by atoms with Crippen molar-refractivity contribution >= 4 is 5.91 Å². The summed E-state index contributed by atoms with van der Waals surface area (Å²) < 4.78 is 0. The number of hydrogen-bond acceptors (Lipinski definition) is 4. The lowest BCUT2D eigenvalue weighted by molar-refractivity contribution is -0.124. The van der Waals surface area contributed by atoms with E-state index in [4.69, 9.17) is 0 Å². The van der Waals surface area contributed by atoms with Crippen LogP contribution in [0, 0.1) is 0 Å². The van der Waals surface area contributed by atoms with E-state index in [1.807, 2.05) is 0 Å². The number of nitrogens with one attached hydrogen (secondary N) is 1. The van der Waals surface area contributed by atoms with Crippen LogP contribution >= 0.6 is 0 Å². The third kappa shape index (κ3) is 40.8. The van der Waals surface area contributed by atoms with Crippen molar-refractivity contribution in [3.63, 3.8) is 0 Å². The molecule has 3 atom stereocenters. The van der Waals surface area contributed by atoms with Gasteiger partial charge in [-0.1, -0.05) is 231 Å². The van der Waals surface area contributed by atoms with Crippen molar-refractivity contribution in [1.29, 1.82) is 0 Å². The summed E-state index contributed by atoms with van der Waals surface area (Å²) in [6.07, 6.45) is 55.9. The Bertz CT molecular complexity index is 814. The van der Waals surface area contributed by atoms with Crippen LogP contribution in [0.3, 0.4) is 0 Å². The van der Waals surface area contributed by atoms with Crippen LogP contribution < -0.4 is 5.32 Å². The largest absolute Gasteiger partial charge is 0.394 e. The van der Waals surface area contributed by atoms with Crippen LogP contribution in [0.15, 0.2) is 24.3 Å². The standard InChI is InChI=1S/C50H97NO4/c1-3-5-7-9-11-13-15-17-19-21-23-24-25-26-27-29-31-33-35-37-39-41-43-45-49(54)51-47(46-52)50(55)48(53)44-42-40-38-36-34-32-30-28-22-20-18-16-14-12-10-8-6-4-2/h28,30,36,38,47-48,50,52-53,55H,3-27,29,31-35,37,39-46H2,1-2H3,(H,51,54)/b30-28+,38-36+. The molecular weight excluding hydrogens is 679 g/mol. The fourth-order valence-electron chi connectivity index (χ4n) is 7.71. The molecule has 326 valence electrons. The maximum Gasteiger partial charge on any atom is 0.220 e. The average molecular weight is 776 g/mol. The van der Waals surface area contributed by atoms with Crippen LogP contribution in [0.4, 0.5) is 0 Å². The van der Waals surface area contributed by atoms with Gasteiger partial charge in [0.25, 0.3) is 0 Å². The van der Waals surface area contributed by atoms with E-state index in [-0.39, 0.29) is 12.5 Å². The molecule has 0 aromatic rings. The van der Waals surface area contributed by atoms with E-state index >= 15 is 0 Å². The average Bonchev–Trinajstić information content (AvgIpc) is 3.19. The van der Waals surface area contributed by atoms with Gasteiger partial charge in [-0.25, -0.2) is 0 Å². The van der Waals surface area contributed by atoms with E-state index in [0.29, 0.717) is 12.8 Å². The van der Waals surface area contributed by atoms with Gasteiger partial charge in [0.1, 0.15) is 6.10 Å². The second-order valence-electron chi connectivity index (χ2n) is 17.0. The van der Waals surface area contributed by atoms with Crippen LogP contribution in [0.25, 0.3) is 0 Å². The minimum absolute atomic E-state index is 0.154. The van der Waals surface area contributed by atoms with Gasteiger partial charge in [-0.2, -0.15) is 0 Å². The van der Waals surface area contributed by atoms with Crippen LogP contribution in [0.2, 0.25) is 0 Å². The topological polar surface area (TPSA) is 89.8 Å². The number of aliphatic hydroxyl groups is 3. The molecule has 0 bridgehead atoms. The first-order chi connectivity index (χ1) is 27.1. The van der Waals surface area contributed by atoms with Gasteiger partial charge >= 0.3 is 0 Å². The fraction of sp³-hybridized carbons (Fsp3) is 0.900. The maximum atomic E-state index is 12.5. The molecule has 1 amide bonds. The molecule has 0 rings (SSSR count). The van der Waals surface area contributed by atoms with Gasteiger partial charge in [-0.15, -0.1) is 0 Å². The SMILES string of the molecule is CCCCCCCCCCC/C=C/CC/C=C/CCCC(O)C(O)C(CO)NC(=O)CCCCCCCCCCCCCCCCCCCCCCCCC. The molecular formula is C50H97NO4. The number of unbranched alkanes of at least 4 members (excludes halogenated alkanes) is 33. The normalized spacial score (nSPS) is 13.6. The van der Waals surface area contributed by atoms with Crippen molar-refractivity contribution in [2.45, 2.75) is 283 Å². The Morgan fingerprint density at radius 2 is 0.745 bits per heavy atom. The number of aliphatic hydroxyl groups excluding tert-OH is 3. The summed E-state index contributed by atoms with van der Waals surface area (Å²) in [6, 6.07) is -0.829. The van der Waals surface area contributed by atoms with E-state index in [1.165, 1.54) is 193 Å². The third-order valence-corrected chi connectivity index (χ3v) is 11.5. The van der Waals surface area contributed by atoms with E-state index in [2.05, 4.69) is 43.5 Å². The molecule has 0 heterocycles. The first-order valence-electron chi connectivity index (χ1n) is 24.6. The lowest BCUT2D eigenvalue weighted by atomic mass is 10.0. The van der Waals surface area contributed by atoms with Gasteiger partial charge in [0.15, 0.2) is 0 Å². The van der Waals surface area contributed by atoms with Crippen LogP contribution in [0.5, 0.6) is 0 Å². The molecule has 4 N–H and O–H groups in total. The summed E-state index contributed by atoms with van der Waals surface area (Å²) in [7, 11) is 0. The van der Waals surface area contributed by atoms with Crippen molar-refractivity contribution in [3.8, 4) is 0 Å². The summed E-state index contributed by atoms with van der Waals surface area (Å²) in [5.41, 5.74) is 0. The molecule has 0 saturated carbocycles. The number of hydrogen-bond donors (Lipinski definition) is 4. The van der Waals surface area contributed by atoms with E-state index in [9.17, 15) is 20.1 Å². The lowest BCUT2D eigenvalue weighted by Gasteiger charge is -2.26. The Labute approximate surface area is 343 Å².